The van der Waals surface area contributed by atoms with Crippen LogP contribution in [0.5, 0.6) is 0 Å². The van der Waals surface area contributed by atoms with Crippen LogP contribution in [0.25, 0.3) is 10.9 Å². The van der Waals surface area contributed by atoms with Crippen LogP contribution in [0.15, 0.2) is 48.8 Å². The third-order valence-electron chi connectivity index (χ3n) is 3.07. The molecule has 3 aromatic rings. The lowest BCUT2D eigenvalue weighted by molar-refractivity contribution is 0.101. The van der Waals surface area contributed by atoms with Gasteiger partial charge >= 0.3 is 0 Å². The first-order valence-corrected chi connectivity index (χ1v) is 6.11. The lowest BCUT2D eigenvalue weighted by Gasteiger charge is -2.02. The zero-order chi connectivity index (χ0) is 13.2. The van der Waals surface area contributed by atoms with Crippen LogP contribution in [0, 0.1) is 0 Å². The molecule has 0 aliphatic heterocycles. The molecule has 4 heteroatoms. The van der Waals surface area contributed by atoms with Crippen molar-refractivity contribution in [3.63, 3.8) is 0 Å². The minimum atomic E-state index is -0.00956. The zero-order valence-corrected chi connectivity index (χ0v) is 10.6. The van der Waals surface area contributed by atoms with E-state index in [0.29, 0.717) is 12.2 Å². The minimum absolute atomic E-state index is 0.00956. The van der Waals surface area contributed by atoms with Crippen molar-refractivity contribution in [1.82, 2.24) is 14.8 Å². The van der Waals surface area contributed by atoms with Gasteiger partial charge in [0.25, 0.3) is 0 Å². The Kier molecular flexibility index (Phi) is 2.83. The number of aromatic nitrogens is 3. The second-order valence-corrected chi connectivity index (χ2v) is 4.44. The van der Waals surface area contributed by atoms with Crippen molar-refractivity contribution in [2.75, 3.05) is 0 Å². The number of nitrogens with zero attached hydrogens (tertiary/aromatic N) is 3. The highest BCUT2D eigenvalue weighted by Crippen LogP contribution is 2.19. The maximum atomic E-state index is 11.6. The van der Waals surface area contributed by atoms with E-state index in [2.05, 4.69) is 10.1 Å². The Morgan fingerprint density at radius 3 is 2.63 bits per heavy atom. The number of pyridine rings is 1. The van der Waals surface area contributed by atoms with Crippen LogP contribution in [0.3, 0.4) is 0 Å². The number of para-hydroxylation sites is 1. The molecular weight excluding hydrogens is 238 g/mol. The molecule has 0 saturated carbocycles. The highest BCUT2D eigenvalue weighted by molar-refractivity contribution is 6.04. The Balaban J connectivity index is 2.11. The summed E-state index contributed by atoms with van der Waals surface area (Å²) in [6.45, 7) is 2.18. The van der Waals surface area contributed by atoms with Gasteiger partial charge in [0.05, 0.1) is 12.1 Å². The van der Waals surface area contributed by atoms with Crippen molar-refractivity contribution < 1.29 is 4.79 Å². The minimum Gasteiger partial charge on any atom is -0.293 e. The first-order chi connectivity index (χ1) is 9.25. The monoisotopic (exact) mass is 251 g/mol. The van der Waals surface area contributed by atoms with E-state index in [1.807, 2.05) is 41.1 Å². The number of benzene rings is 1. The zero-order valence-electron chi connectivity index (χ0n) is 10.6. The van der Waals surface area contributed by atoms with Gasteiger partial charge in [-0.15, -0.1) is 0 Å². The number of fused-ring (bicyclic) bond motifs is 1. The molecule has 3 rings (SSSR count). The number of hydrogen-bond acceptors (Lipinski definition) is 3. The van der Waals surface area contributed by atoms with Crippen LogP contribution in [0.1, 0.15) is 23.0 Å². The molecule has 0 aliphatic carbocycles. The maximum Gasteiger partial charge on any atom is 0.180 e. The van der Waals surface area contributed by atoms with Gasteiger partial charge in [-0.25, -0.2) is 0 Å². The number of hydrogen-bond donors (Lipinski definition) is 0. The molecular formula is C15H13N3O. The lowest BCUT2D eigenvalue weighted by Crippen LogP contribution is -2.03. The Labute approximate surface area is 110 Å². The lowest BCUT2D eigenvalue weighted by atomic mass is 10.1. The van der Waals surface area contributed by atoms with E-state index in [1.54, 1.807) is 19.3 Å². The van der Waals surface area contributed by atoms with E-state index in [-0.39, 0.29) is 5.78 Å². The molecule has 0 aliphatic rings. The number of carbonyl (C=O) groups excluding carboxylic acids is 1. The van der Waals surface area contributed by atoms with E-state index in [0.717, 1.165) is 16.5 Å². The molecule has 19 heavy (non-hydrogen) atoms. The van der Waals surface area contributed by atoms with Crippen LogP contribution < -0.4 is 0 Å². The average Bonchev–Trinajstić information content (AvgIpc) is 2.79. The largest absolute Gasteiger partial charge is 0.293 e. The first-order valence-electron chi connectivity index (χ1n) is 6.11. The van der Waals surface area contributed by atoms with Gasteiger partial charge in [0.15, 0.2) is 5.78 Å². The molecule has 0 spiro atoms. The number of carbonyl (C=O) groups is 1. The van der Waals surface area contributed by atoms with Gasteiger partial charge in [-0.1, -0.05) is 18.2 Å². The van der Waals surface area contributed by atoms with E-state index < -0.39 is 0 Å². The molecule has 94 valence electrons. The van der Waals surface area contributed by atoms with Crippen LogP contribution >= 0.6 is 0 Å². The third-order valence-corrected chi connectivity index (χ3v) is 3.07. The molecule has 4 nitrogen and oxygen atoms in total. The Morgan fingerprint density at radius 1 is 1.16 bits per heavy atom. The smallest absolute Gasteiger partial charge is 0.180 e. The van der Waals surface area contributed by atoms with Crippen LogP contribution in [0.2, 0.25) is 0 Å². The van der Waals surface area contributed by atoms with Gasteiger partial charge in [-0.05, 0) is 23.8 Å². The number of ketones is 1. The highest BCUT2D eigenvalue weighted by atomic mass is 16.1. The molecule has 0 amide bonds. The molecule has 0 fully saturated rings. The molecule has 0 unspecified atom stereocenters. The fourth-order valence-corrected chi connectivity index (χ4v) is 2.17. The van der Waals surface area contributed by atoms with Crippen molar-refractivity contribution in [3.05, 3.63) is 60.0 Å². The van der Waals surface area contributed by atoms with Crippen molar-refractivity contribution in [2.45, 2.75) is 13.5 Å². The van der Waals surface area contributed by atoms with Gasteiger partial charge in [-0.2, -0.15) is 5.10 Å². The molecule has 1 aromatic carbocycles. The van der Waals surface area contributed by atoms with Crippen molar-refractivity contribution in [3.8, 4) is 0 Å². The number of Topliss-reactive ketones (excluding diaryl/α,β-unsaturated/α-hetero) is 1. The van der Waals surface area contributed by atoms with Crippen molar-refractivity contribution in [2.24, 2.45) is 0 Å². The second-order valence-electron chi connectivity index (χ2n) is 4.44. The van der Waals surface area contributed by atoms with E-state index in [1.165, 1.54) is 0 Å². The van der Waals surface area contributed by atoms with Gasteiger partial charge in [0.1, 0.15) is 5.69 Å². The highest BCUT2D eigenvalue weighted by Gasteiger charge is 2.13. The third kappa shape index (κ3) is 2.12. The summed E-state index contributed by atoms with van der Waals surface area (Å²) in [4.78, 5) is 15.6. The predicted octanol–water partition coefficient (Wildman–Crippen LogP) is 2.68. The summed E-state index contributed by atoms with van der Waals surface area (Å²) in [5, 5.41) is 5.34. The SMILES string of the molecule is CC(=O)c1nn(Cc2ccncc2)c2ccccc12. The fourth-order valence-electron chi connectivity index (χ4n) is 2.17. The molecule has 0 radical (unpaired) electrons. The second kappa shape index (κ2) is 4.65. The van der Waals surface area contributed by atoms with Gasteiger partial charge in [-0.3, -0.25) is 14.5 Å². The summed E-state index contributed by atoms with van der Waals surface area (Å²) in [7, 11) is 0. The Hall–Kier alpha value is -2.49. The summed E-state index contributed by atoms with van der Waals surface area (Å²) < 4.78 is 1.86. The van der Waals surface area contributed by atoms with Crippen molar-refractivity contribution >= 4 is 16.7 Å². The summed E-state index contributed by atoms with van der Waals surface area (Å²) in [6, 6.07) is 11.7. The molecule has 0 bridgehead atoms. The topological polar surface area (TPSA) is 47.8 Å². The average molecular weight is 251 g/mol. The fraction of sp³-hybridized carbons (Fsp3) is 0.133. The number of rotatable bonds is 3. The molecule has 0 saturated heterocycles. The molecule has 2 heterocycles. The van der Waals surface area contributed by atoms with Crippen LogP contribution in [0.4, 0.5) is 0 Å². The van der Waals surface area contributed by atoms with Crippen LogP contribution in [-0.2, 0) is 6.54 Å². The van der Waals surface area contributed by atoms with Crippen molar-refractivity contribution in [1.29, 1.82) is 0 Å². The standard InChI is InChI=1S/C15H13N3O/c1-11(19)15-13-4-2-3-5-14(13)18(17-15)10-12-6-8-16-9-7-12/h2-9H,10H2,1H3. The first kappa shape index (κ1) is 11.6. The summed E-state index contributed by atoms with van der Waals surface area (Å²) in [5.41, 5.74) is 2.62. The predicted molar refractivity (Wildman–Crippen MR) is 73.1 cm³/mol. The van der Waals surface area contributed by atoms with Crippen LogP contribution in [-0.4, -0.2) is 20.5 Å². The molecule has 0 atom stereocenters. The van der Waals surface area contributed by atoms with E-state index in [9.17, 15) is 4.79 Å². The summed E-state index contributed by atoms with van der Waals surface area (Å²) in [6.07, 6.45) is 3.51. The summed E-state index contributed by atoms with van der Waals surface area (Å²) in [5.74, 6) is -0.00956. The van der Waals surface area contributed by atoms with Gasteiger partial charge in [0, 0.05) is 24.7 Å². The maximum absolute atomic E-state index is 11.6. The van der Waals surface area contributed by atoms with E-state index >= 15 is 0 Å². The normalized spacial score (nSPS) is 10.8. The van der Waals surface area contributed by atoms with Gasteiger partial charge < -0.3 is 0 Å². The van der Waals surface area contributed by atoms with Gasteiger partial charge in [0.2, 0.25) is 0 Å². The quantitative estimate of drug-likeness (QED) is 0.672. The summed E-state index contributed by atoms with van der Waals surface area (Å²) >= 11 is 0. The Bertz CT molecular complexity index is 731. The Morgan fingerprint density at radius 2 is 1.89 bits per heavy atom. The molecule has 2 aromatic heterocycles. The molecule has 0 N–H and O–H groups in total. The van der Waals surface area contributed by atoms with E-state index in [4.69, 9.17) is 0 Å².